The molecule has 0 spiro atoms. The topological polar surface area (TPSA) is 64.1 Å². The Hall–Kier alpha value is -1.99. The van der Waals surface area contributed by atoms with E-state index in [9.17, 15) is 14.0 Å². The van der Waals surface area contributed by atoms with Crippen LogP contribution in [-0.4, -0.2) is 78.5 Å². The van der Waals surface area contributed by atoms with Gasteiger partial charge in [0.05, 0.1) is 5.92 Å². The first-order chi connectivity index (χ1) is 12.3. The lowest BCUT2D eigenvalue weighted by atomic mass is 9.96. The van der Waals surface area contributed by atoms with Gasteiger partial charge in [-0.25, -0.2) is 4.39 Å². The number of likely N-dealkylation sites (tertiary alicyclic amines) is 1. The van der Waals surface area contributed by atoms with Gasteiger partial charge in [0, 0.05) is 26.2 Å². The second kappa shape index (κ2) is 9.64. The number of rotatable bonds is 8. The first kappa shape index (κ1) is 20.3. The lowest BCUT2D eigenvalue weighted by Gasteiger charge is -2.35. The quantitative estimate of drug-likeness (QED) is 0.757. The van der Waals surface area contributed by atoms with E-state index >= 15 is 0 Å². The van der Waals surface area contributed by atoms with Gasteiger partial charge in [0.15, 0.2) is 0 Å². The third kappa shape index (κ3) is 6.38. The number of hydrogen-bond acceptors (Lipinski definition) is 4. The van der Waals surface area contributed by atoms with Crippen LogP contribution in [0.4, 0.5) is 4.39 Å². The van der Waals surface area contributed by atoms with E-state index in [-0.39, 0.29) is 24.2 Å². The summed E-state index contributed by atoms with van der Waals surface area (Å²) in [6.45, 7) is 2.78. The monoisotopic (exact) mass is 365 g/mol. The Morgan fingerprint density at radius 3 is 2.73 bits per heavy atom. The number of benzene rings is 1. The van der Waals surface area contributed by atoms with Crippen LogP contribution in [0.2, 0.25) is 0 Å². The number of carbonyl (C=O) groups excluding carboxylic acids is 1. The fraction of sp³-hybridized carbons (Fsp3) is 0.579. The molecule has 6 nitrogen and oxygen atoms in total. The summed E-state index contributed by atoms with van der Waals surface area (Å²) in [4.78, 5) is 29.5. The van der Waals surface area contributed by atoms with Crippen molar-refractivity contribution in [3.8, 4) is 0 Å². The molecule has 0 aromatic heterocycles. The molecular formula is C19H28FN3O3. The molecule has 144 valence electrons. The number of carboxylic acids is 1. The van der Waals surface area contributed by atoms with E-state index in [0.29, 0.717) is 26.2 Å². The number of likely N-dealkylation sites (N-methyl/N-ethyl adjacent to an activating group) is 1. The molecule has 1 saturated heterocycles. The summed E-state index contributed by atoms with van der Waals surface area (Å²) < 4.78 is 13.4. The van der Waals surface area contributed by atoms with Crippen LogP contribution in [0.3, 0.4) is 0 Å². The largest absolute Gasteiger partial charge is 0.480 e. The third-order valence-electron chi connectivity index (χ3n) is 4.60. The van der Waals surface area contributed by atoms with Crippen molar-refractivity contribution in [1.82, 2.24) is 14.7 Å². The lowest BCUT2D eigenvalue weighted by Crippen LogP contribution is -2.47. The molecule has 7 heteroatoms. The van der Waals surface area contributed by atoms with E-state index in [1.807, 2.05) is 25.1 Å². The fourth-order valence-corrected chi connectivity index (χ4v) is 3.30. The van der Waals surface area contributed by atoms with Crippen molar-refractivity contribution in [2.45, 2.75) is 19.4 Å². The number of amides is 1. The Morgan fingerprint density at radius 2 is 2.08 bits per heavy atom. The smallest absolute Gasteiger partial charge is 0.323 e. The highest BCUT2D eigenvalue weighted by Gasteiger charge is 2.30. The maximum atomic E-state index is 13.4. The van der Waals surface area contributed by atoms with E-state index < -0.39 is 5.97 Å². The van der Waals surface area contributed by atoms with Gasteiger partial charge in [0.1, 0.15) is 12.4 Å². The molecule has 0 bridgehead atoms. The van der Waals surface area contributed by atoms with E-state index in [2.05, 4.69) is 4.90 Å². The van der Waals surface area contributed by atoms with E-state index in [1.54, 1.807) is 6.07 Å². The van der Waals surface area contributed by atoms with Crippen LogP contribution in [0.1, 0.15) is 18.4 Å². The number of halogens is 1. The van der Waals surface area contributed by atoms with Gasteiger partial charge in [-0.2, -0.15) is 0 Å². The maximum Gasteiger partial charge on any atom is 0.323 e. The normalized spacial score (nSPS) is 18.1. The standard InChI is InChI=1S/C19H28FN3O3/c1-21(2)9-10-23(14-18(24)25)19(26)16-6-4-8-22(13-16)12-15-5-3-7-17(20)11-15/h3,5,7,11,16H,4,6,8-10,12-14H2,1-2H3,(H,24,25). The van der Waals surface area contributed by atoms with Crippen LogP contribution >= 0.6 is 0 Å². The first-order valence-corrected chi connectivity index (χ1v) is 8.97. The fourth-order valence-electron chi connectivity index (χ4n) is 3.30. The summed E-state index contributed by atoms with van der Waals surface area (Å²) in [6, 6.07) is 6.50. The van der Waals surface area contributed by atoms with Crippen molar-refractivity contribution in [2.24, 2.45) is 5.92 Å². The highest BCUT2D eigenvalue weighted by molar-refractivity contribution is 5.83. The minimum Gasteiger partial charge on any atom is -0.480 e. The highest BCUT2D eigenvalue weighted by Crippen LogP contribution is 2.21. The van der Waals surface area contributed by atoms with Gasteiger partial charge in [-0.3, -0.25) is 14.5 Å². The van der Waals surface area contributed by atoms with Gasteiger partial charge in [0.2, 0.25) is 5.91 Å². The molecule has 2 rings (SSSR count). The molecule has 1 aliphatic rings. The van der Waals surface area contributed by atoms with Gasteiger partial charge < -0.3 is 14.9 Å². The van der Waals surface area contributed by atoms with Gasteiger partial charge >= 0.3 is 5.97 Å². The molecule has 0 radical (unpaired) electrons. The van der Waals surface area contributed by atoms with E-state index in [0.717, 1.165) is 24.9 Å². The molecular weight excluding hydrogens is 337 g/mol. The van der Waals surface area contributed by atoms with E-state index in [4.69, 9.17) is 5.11 Å². The van der Waals surface area contributed by atoms with Gasteiger partial charge in [-0.15, -0.1) is 0 Å². The molecule has 1 unspecified atom stereocenters. The predicted molar refractivity (Wildman–Crippen MR) is 97.2 cm³/mol. The third-order valence-corrected chi connectivity index (χ3v) is 4.60. The highest BCUT2D eigenvalue weighted by atomic mass is 19.1. The first-order valence-electron chi connectivity index (χ1n) is 8.97. The molecule has 0 saturated carbocycles. The Morgan fingerprint density at radius 1 is 1.31 bits per heavy atom. The van der Waals surface area contributed by atoms with Gasteiger partial charge in [-0.05, 0) is 51.2 Å². The van der Waals surface area contributed by atoms with Crippen molar-refractivity contribution in [3.63, 3.8) is 0 Å². The second-order valence-electron chi connectivity index (χ2n) is 7.16. The zero-order chi connectivity index (χ0) is 19.1. The molecule has 26 heavy (non-hydrogen) atoms. The van der Waals surface area contributed by atoms with Gasteiger partial charge in [0.25, 0.3) is 0 Å². The van der Waals surface area contributed by atoms with Gasteiger partial charge in [-0.1, -0.05) is 12.1 Å². The minimum absolute atomic E-state index is 0.0989. The SMILES string of the molecule is CN(C)CCN(CC(=O)O)C(=O)C1CCCN(Cc2cccc(F)c2)C1. The summed E-state index contributed by atoms with van der Waals surface area (Å²) in [6.07, 6.45) is 1.64. The number of piperidine rings is 1. The average molecular weight is 365 g/mol. The summed E-state index contributed by atoms with van der Waals surface area (Å²) >= 11 is 0. The molecule has 1 amide bonds. The van der Waals surface area contributed by atoms with Crippen molar-refractivity contribution in [2.75, 3.05) is 46.8 Å². The van der Waals surface area contributed by atoms with Crippen LogP contribution in [0.25, 0.3) is 0 Å². The molecule has 1 aliphatic heterocycles. The molecule has 1 N–H and O–H groups in total. The van der Waals surface area contributed by atoms with Crippen LogP contribution in [0, 0.1) is 11.7 Å². The van der Waals surface area contributed by atoms with Crippen LogP contribution in [-0.2, 0) is 16.1 Å². The van der Waals surface area contributed by atoms with E-state index in [1.165, 1.54) is 17.0 Å². The summed E-state index contributed by atoms with van der Waals surface area (Å²) in [5, 5.41) is 9.12. The molecule has 0 aliphatic carbocycles. The zero-order valence-corrected chi connectivity index (χ0v) is 15.5. The summed E-state index contributed by atoms with van der Waals surface area (Å²) in [7, 11) is 3.79. The Bertz CT molecular complexity index is 624. The number of hydrogen-bond donors (Lipinski definition) is 1. The average Bonchev–Trinajstić information content (AvgIpc) is 2.58. The predicted octanol–water partition coefficient (Wildman–Crippen LogP) is 1.51. The lowest BCUT2D eigenvalue weighted by molar-refractivity contribution is -0.147. The number of nitrogens with zero attached hydrogens (tertiary/aromatic N) is 3. The molecule has 1 atom stereocenters. The molecule has 1 aromatic rings. The Labute approximate surface area is 154 Å². The maximum absolute atomic E-state index is 13.4. The van der Waals surface area contributed by atoms with Crippen LogP contribution in [0.5, 0.6) is 0 Å². The molecule has 1 aromatic carbocycles. The zero-order valence-electron chi connectivity index (χ0n) is 15.5. The minimum atomic E-state index is -0.996. The number of carbonyl (C=O) groups is 2. The second-order valence-corrected chi connectivity index (χ2v) is 7.16. The van der Waals surface area contributed by atoms with Crippen molar-refractivity contribution in [1.29, 1.82) is 0 Å². The van der Waals surface area contributed by atoms with Crippen LogP contribution in [0.15, 0.2) is 24.3 Å². The summed E-state index contributed by atoms with van der Waals surface area (Å²) in [5.74, 6) is -1.56. The van der Waals surface area contributed by atoms with Crippen molar-refractivity contribution < 1.29 is 19.1 Å². The summed E-state index contributed by atoms with van der Waals surface area (Å²) in [5.41, 5.74) is 0.882. The Balaban J connectivity index is 1.98. The van der Waals surface area contributed by atoms with Crippen LogP contribution < -0.4 is 0 Å². The number of aliphatic carboxylic acids is 1. The Kier molecular flexibility index (Phi) is 7.53. The van der Waals surface area contributed by atoms with Crippen molar-refractivity contribution >= 4 is 11.9 Å². The number of carboxylic acid groups (broad SMARTS) is 1. The van der Waals surface area contributed by atoms with Crippen molar-refractivity contribution in [3.05, 3.63) is 35.6 Å². The molecule has 1 heterocycles. The molecule has 1 fully saturated rings.